The lowest BCUT2D eigenvalue weighted by Crippen LogP contribution is -2.51. The van der Waals surface area contributed by atoms with Crippen LogP contribution in [-0.4, -0.2) is 25.0 Å². The third-order valence-electron chi connectivity index (χ3n) is 21.2. The van der Waals surface area contributed by atoms with E-state index in [1.807, 2.05) is 0 Å². The van der Waals surface area contributed by atoms with Gasteiger partial charge in [0.1, 0.15) is 22.3 Å². The van der Waals surface area contributed by atoms with E-state index in [-0.39, 0.29) is 6.71 Å². The molecule has 6 nitrogen and oxygen atoms in total. The van der Waals surface area contributed by atoms with Gasteiger partial charge in [0, 0.05) is 87.4 Å². The Morgan fingerprint density at radius 2 is 0.433 bits per heavy atom. The summed E-state index contributed by atoms with van der Waals surface area (Å²) in [6.07, 6.45) is 0. The first kappa shape index (κ1) is 52.6. The van der Waals surface area contributed by atoms with Gasteiger partial charge in [-0.1, -0.05) is 217 Å². The van der Waals surface area contributed by atoms with Crippen LogP contribution in [0.15, 0.2) is 330 Å². The summed E-state index contributed by atoms with van der Waals surface area (Å²) in [6, 6.07) is 119. The molecule has 0 spiro atoms. The van der Waals surface area contributed by atoms with Crippen molar-refractivity contribution in [3.63, 3.8) is 0 Å². The fourth-order valence-electron chi connectivity index (χ4n) is 17.0. The summed E-state index contributed by atoms with van der Waals surface area (Å²) in [6.45, 7) is -0.194. The van der Waals surface area contributed by atoms with E-state index < -0.39 is 0 Å². The summed E-state index contributed by atoms with van der Waals surface area (Å²) in [4.78, 5) is 0. The van der Waals surface area contributed by atoms with Gasteiger partial charge in [-0.05, 0) is 154 Å². The number of furan rings is 2. The van der Waals surface area contributed by atoms with Crippen LogP contribution in [0.3, 0.4) is 0 Å². The molecule has 0 aliphatic rings. The maximum Gasteiger partial charge on any atom is 0.241 e. The van der Waals surface area contributed by atoms with Crippen LogP contribution in [0.5, 0.6) is 0 Å². The van der Waals surface area contributed by atoms with Crippen LogP contribution in [0.4, 0.5) is 0 Å². The van der Waals surface area contributed by atoms with Crippen molar-refractivity contribution in [3.8, 4) is 22.7 Å². The van der Waals surface area contributed by atoms with Gasteiger partial charge < -0.3 is 27.1 Å². The molecule has 0 radical (unpaired) electrons. The standard InChI is InChI=1S/C90H53BN4O2/c1-3-19-57(20-4-1)92-79-31-15-11-27-66(79)71-52-85-73(50-83(71)92)68-29-13-17-33-81(68)94(85)59-38-43-89-77(48-59)75-46-55(36-41-87(75)96-89)91(54-35-40-65-63-25-8-7-23-61(63)62-24-9-10-26-64(62)70(65)45-54)56-37-42-88-76(47-56)78-49-60(39-44-90(78)97-88)95-82-34-18-14-30-69(82)74-51-84-72(53-86(74)95)67-28-12-16-32-80(67)93(84)58-21-5-2-6-22-58/h1-53H. The minimum atomic E-state index is -0.194. The second-order valence-electron chi connectivity index (χ2n) is 26.3. The van der Waals surface area contributed by atoms with E-state index in [2.05, 4.69) is 340 Å². The van der Waals surface area contributed by atoms with Crippen molar-refractivity contribution < 1.29 is 8.83 Å². The molecule has 97 heavy (non-hydrogen) atoms. The van der Waals surface area contributed by atoms with Crippen LogP contribution in [0, 0.1) is 0 Å². The fraction of sp³-hybridized carbons (Fsp3) is 0. The molecule has 0 N–H and O–H groups in total. The molecule has 22 rings (SSSR count). The van der Waals surface area contributed by atoms with Crippen LogP contribution in [0.25, 0.3) is 186 Å². The third-order valence-corrected chi connectivity index (χ3v) is 21.2. The Morgan fingerprint density at radius 3 is 0.804 bits per heavy atom. The molecule has 0 bridgehead atoms. The number of aromatic nitrogens is 4. The molecule has 6 heterocycles. The van der Waals surface area contributed by atoms with Crippen molar-refractivity contribution in [1.82, 2.24) is 18.3 Å². The maximum atomic E-state index is 6.87. The van der Waals surface area contributed by atoms with E-state index in [4.69, 9.17) is 8.83 Å². The Bertz CT molecular complexity index is 6760. The van der Waals surface area contributed by atoms with Crippen molar-refractivity contribution in [3.05, 3.63) is 322 Å². The van der Waals surface area contributed by atoms with Crippen molar-refractivity contribution in [1.29, 1.82) is 0 Å². The van der Waals surface area contributed by atoms with E-state index in [1.54, 1.807) is 0 Å². The molecular formula is C90H53BN4O2. The molecule has 0 saturated carbocycles. The predicted molar refractivity (Wildman–Crippen MR) is 408 cm³/mol. The van der Waals surface area contributed by atoms with Gasteiger partial charge >= 0.3 is 0 Å². The molecule has 0 unspecified atom stereocenters. The largest absolute Gasteiger partial charge is 0.456 e. The first-order valence-corrected chi connectivity index (χ1v) is 33.4. The van der Waals surface area contributed by atoms with Crippen LogP contribution >= 0.6 is 0 Å². The number of fused-ring (bicyclic) bond motifs is 24. The molecule has 16 aromatic carbocycles. The van der Waals surface area contributed by atoms with Gasteiger partial charge in [-0.15, -0.1) is 0 Å². The maximum absolute atomic E-state index is 6.87. The molecule has 0 aliphatic carbocycles. The molecule has 0 amide bonds. The lowest BCUT2D eigenvalue weighted by Gasteiger charge is -2.18. The molecule has 0 aliphatic heterocycles. The molecule has 448 valence electrons. The Morgan fingerprint density at radius 1 is 0.165 bits per heavy atom. The second-order valence-corrected chi connectivity index (χ2v) is 26.3. The second kappa shape index (κ2) is 19.9. The third kappa shape index (κ3) is 7.51. The molecule has 0 fully saturated rings. The quantitative estimate of drug-likeness (QED) is 0.118. The molecule has 0 atom stereocenters. The summed E-state index contributed by atoms with van der Waals surface area (Å²) >= 11 is 0. The molecule has 7 heteroatoms. The van der Waals surface area contributed by atoms with E-state index in [0.29, 0.717) is 0 Å². The molecule has 0 saturated heterocycles. The van der Waals surface area contributed by atoms with Crippen LogP contribution in [0.1, 0.15) is 0 Å². The van der Waals surface area contributed by atoms with Gasteiger partial charge in [0.25, 0.3) is 0 Å². The molecular weight excluding hydrogens is 1180 g/mol. The summed E-state index contributed by atoms with van der Waals surface area (Å²) in [7, 11) is 0. The van der Waals surface area contributed by atoms with Gasteiger partial charge in [0.2, 0.25) is 6.71 Å². The molecule has 6 aromatic heterocycles. The lowest BCUT2D eigenvalue weighted by molar-refractivity contribution is 0.668. The normalized spacial score (nSPS) is 12.3. The van der Waals surface area contributed by atoms with Gasteiger partial charge in [-0.25, -0.2) is 0 Å². The van der Waals surface area contributed by atoms with Crippen LogP contribution < -0.4 is 16.4 Å². The zero-order valence-corrected chi connectivity index (χ0v) is 52.3. The zero-order valence-electron chi connectivity index (χ0n) is 52.3. The van der Waals surface area contributed by atoms with Gasteiger partial charge in [-0.3, -0.25) is 0 Å². The summed E-state index contributed by atoms with van der Waals surface area (Å²) in [5, 5.41) is 21.4. The minimum absolute atomic E-state index is 0.194. The highest BCUT2D eigenvalue weighted by Crippen LogP contribution is 2.44. The smallest absolute Gasteiger partial charge is 0.241 e. The van der Waals surface area contributed by atoms with Gasteiger partial charge in [0.05, 0.1) is 44.1 Å². The average molecular weight is 1230 g/mol. The SMILES string of the molecule is c1ccc(-n2c3ccccc3c3cc4c(cc32)c2ccccc2n4-c2ccc3oc4ccc(B(c5ccc6oc7ccc(-n8c9ccccc9c9cc%10c(cc98)c8ccccc8n%10-c8ccccc8)cc7c6c5)c5ccc6c7ccccc7c7ccccc7c6c5)cc4c3c2)cc1. The topological polar surface area (TPSA) is 46.0 Å². The first-order chi connectivity index (χ1) is 48.1. The van der Waals surface area contributed by atoms with Crippen molar-refractivity contribution in [2.75, 3.05) is 0 Å². The zero-order chi connectivity index (χ0) is 63.1. The summed E-state index contributed by atoms with van der Waals surface area (Å²) in [5.41, 5.74) is 20.7. The predicted octanol–water partition coefficient (Wildman–Crippen LogP) is 21.8. The highest BCUT2D eigenvalue weighted by molar-refractivity contribution is 6.96. The van der Waals surface area contributed by atoms with Crippen molar-refractivity contribution >= 4 is 187 Å². The Kier molecular flexibility index (Phi) is 10.8. The summed E-state index contributed by atoms with van der Waals surface area (Å²) < 4.78 is 23.5. The van der Waals surface area contributed by atoms with E-state index in [0.717, 1.165) is 99.6 Å². The number of para-hydroxylation sites is 6. The number of benzene rings is 16. The van der Waals surface area contributed by atoms with Gasteiger partial charge in [0.15, 0.2) is 0 Å². The fourth-order valence-corrected chi connectivity index (χ4v) is 17.0. The van der Waals surface area contributed by atoms with Crippen LogP contribution in [0.2, 0.25) is 0 Å². The molecule has 22 aromatic rings. The Labute approximate surface area is 554 Å². The number of nitrogens with zero attached hydrogens (tertiary/aromatic N) is 4. The average Bonchev–Trinajstić information content (AvgIpc) is 1.57. The van der Waals surface area contributed by atoms with Gasteiger partial charge in [-0.2, -0.15) is 0 Å². The highest BCUT2D eigenvalue weighted by atomic mass is 16.3. The van der Waals surface area contributed by atoms with Crippen molar-refractivity contribution in [2.24, 2.45) is 0 Å². The number of hydrogen-bond acceptors (Lipinski definition) is 2. The highest BCUT2D eigenvalue weighted by Gasteiger charge is 2.28. The number of hydrogen-bond donors (Lipinski definition) is 0. The van der Waals surface area contributed by atoms with Crippen LogP contribution in [-0.2, 0) is 0 Å². The monoisotopic (exact) mass is 1230 g/mol. The number of rotatable bonds is 7. The Balaban J connectivity index is 0.743. The van der Waals surface area contributed by atoms with E-state index >= 15 is 0 Å². The lowest BCUT2D eigenvalue weighted by atomic mass is 9.36. The minimum Gasteiger partial charge on any atom is -0.456 e. The van der Waals surface area contributed by atoms with E-state index in [9.17, 15) is 0 Å². The summed E-state index contributed by atoms with van der Waals surface area (Å²) in [5.74, 6) is 0. The Hall–Kier alpha value is -12.8. The van der Waals surface area contributed by atoms with Crippen molar-refractivity contribution in [2.45, 2.75) is 0 Å². The first-order valence-electron chi connectivity index (χ1n) is 33.4. The van der Waals surface area contributed by atoms with E-state index in [1.165, 1.54) is 103 Å².